The Hall–Kier alpha value is 0.641. The summed E-state index contributed by atoms with van der Waals surface area (Å²) in [4.78, 5) is 0. The van der Waals surface area contributed by atoms with E-state index in [9.17, 15) is 0 Å². The summed E-state index contributed by atoms with van der Waals surface area (Å²) >= 11 is 2.27. The van der Waals surface area contributed by atoms with Crippen molar-refractivity contribution in [2.45, 2.75) is 25.7 Å². The van der Waals surface area contributed by atoms with Gasteiger partial charge in [-0.3, -0.25) is 6.08 Å². The summed E-state index contributed by atoms with van der Waals surface area (Å²) in [6.45, 7) is 4.54. The van der Waals surface area contributed by atoms with Gasteiger partial charge in [0.2, 0.25) is 0 Å². The first-order valence-electron chi connectivity index (χ1n) is 5.64. The van der Waals surface area contributed by atoms with Gasteiger partial charge in [-0.2, -0.15) is 6.08 Å². The monoisotopic (exact) mass is 365 g/mol. The van der Waals surface area contributed by atoms with E-state index in [0.717, 1.165) is 12.6 Å². The molecule has 1 atom stereocenters. The molecule has 0 aliphatic heterocycles. The number of hydrogen-bond donors (Lipinski definition) is 0. The first-order chi connectivity index (χ1) is 8.16. The number of benzene rings is 1. The minimum atomic E-state index is 0. The van der Waals surface area contributed by atoms with Gasteiger partial charge < -0.3 is 24.8 Å². The van der Waals surface area contributed by atoms with Gasteiger partial charge in [0.15, 0.2) is 0 Å². The van der Waals surface area contributed by atoms with Gasteiger partial charge in [0, 0.05) is 0 Å². The summed E-state index contributed by atoms with van der Waals surface area (Å²) in [5.74, 6) is 0. The van der Waals surface area contributed by atoms with Gasteiger partial charge in [-0.15, -0.1) is 15.7 Å². The smallest absolute Gasteiger partial charge is 0.0128 e. The Bertz CT molecular complexity index is 353. The van der Waals surface area contributed by atoms with Crippen LogP contribution in [0.15, 0.2) is 48.6 Å². The average molecular weight is 366 g/mol. The van der Waals surface area contributed by atoms with Crippen LogP contribution in [0.5, 0.6) is 0 Å². The number of allylic oxidation sites excluding steroid dienone is 4. The van der Waals surface area contributed by atoms with Gasteiger partial charge in [-0.25, -0.2) is 12.2 Å². The Morgan fingerprint density at radius 3 is 1.95 bits per heavy atom. The van der Waals surface area contributed by atoms with Crippen LogP contribution in [0, 0.1) is 6.08 Å². The van der Waals surface area contributed by atoms with Gasteiger partial charge in [0.1, 0.15) is 0 Å². The summed E-state index contributed by atoms with van der Waals surface area (Å²) in [6.07, 6.45) is 11.2. The Balaban J connectivity index is -0.000000206. The Morgan fingerprint density at radius 1 is 1.21 bits per heavy atom. The Labute approximate surface area is 144 Å². The molecule has 104 valence electrons. The summed E-state index contributed by atoms with van der Waals surface area (Å²) in [7, 11) is 2.69. The van der Waals surface area contributed by atoms with Gasteiger partial charge >= 0.3 is 38.5 Å². The maximum Gasteiger partial charge on any atom is -0.0128 e. The van der Waals surface area contributed by atoms with Crippen LogP contribution < -0.4 is 24.8 Å². The predicted molar refractivity (Wildman–Crippen MR) is 78.9 cm³/mol. The molecule has 0 bridgehead atoms. The second-order valence-electron chi connectivity index (χ2n) is 3.69. The molecular weight excluding hydrogens is 346 g/mol. The summed E-state index contributed by atoms with van der Waals surface area (Å²) < 4.78 is 0. The minimum absolute atomic E-state index is 0. The van der Waals surface area contributed by atoms with Crippen LogP contribution in [0.1, 0.15) is 12.0 Å². The van der Waals surface area contributed by atoms with E-state index in [1.807, 2.05) is 18.2 Å². The first-order valence-corrected chi connectivity index (χ1v) is 11.3. The van der Waals surface area contributed by atoms with E-state index >= 15 is 0 Å². The molecule has 0 saturated heterocycles. The molecule has 0 heterocycles. The van der Waals surface area contributed by atoms with Crippen LogP contribution in [0.2, 0.25) is 13.1 Å². The molecule has 0 amide bonds. The van der Waals surface area contributed by atoms with Crippen molar-refractivity contribution < 1.29 is 44.0 Å². The molecule has 1 aliphatic carbocycles. The molecule has 5 heteroatoms. The van der Waals surface area contributed by atoms with Gasteiger partial charge in [-0.05, 0) is 11.7 Å². The van der Waals surface area contributed by atoms with Crippen LogP contribution in [-0.4, -0.2) is 6.19 Å². The third-order valence-electron chi connectivity index (χ3n) is 1.66. The molecule has 0 nitrogen and oxygen atoms in total. The molecule has 1 unspecified atom stereocenters. The zero-order valence-corrected chi connectivity index (χ0v) is 16.6. The standard InChI is InChI=1S/C7H9P.C5H5.C2H6Si.2ClH.Ti/c8-6-7-4-2-1-3-5-7;1-2-4-5-3-1;1-3-2;;;/h1-5H,6,8H2;1-3H,4H2;1-2H3;2*1H;/q;-1;;;;+2/p-2. The molecular formula is C14H20Cl2PSiTi-. The Kier molecular flexibility index (Phi) is 24.2. The van der Waals surface area contributed by atoms with E-state index in [1.54, 1.807) is 0 Å². The third-order valence-corrected chi connectivity index (χ3v) is 2.14. The van der Waals surface area contributed by atoms with E-state index in [1.165, 1.54) is 5.56 Å². The predicted octanol–water partition coefficient (Wildman–Crippen LogP) is -1.84. The van der Waals surface area contributed by atoms with E-state index < -0.39 is 0 Å². The first kappa shape index (κ1) is 24.6. The van der Waals surface area contributed by atoms with Crippen molar-refractivity contribution in [1.29, 1.82) is 0 Å². The van der Waals surface area contributed by atoms with Crippen LogP contribution in [0.25, 0.3) is 0 Å². The molecule has 0 fully saturated rings. The average Bonchev–Trinajstić information content (AvgIpc) is 2.88. The molecule has 1 aromatic rings. The number of rotatable bonds is 1. The summed E-state index contributed by atoms with van der Waals surface area (Å²) in [6, 6.07) is 10.4. The van der Waals surface area contributed by atoms with Crippen LogP contribution in [-0.2, 0) is 25.3 Å². The fourth-order valence-corrected chi connectivity index (χ4v) is 1.23. The summed E-state index contributed by atoms with van der Waals surface area (Å²) in [5.41, 5.74) is 1.37. The second kappa shape index (κ2) is 18.6. The van der Waals surface area contributed by atoms with Crippen LogP contribution in [0.4, 0.5) is 0 Å². The van der Waals surface area contributed by atoms with Gasteiger partial charge in [0.05, 0.1) is 0 Å². The molecule has 2 rings (SSSR count). The molecule has 0 radical (unpaired) electrons. The largest absolute Gasteiger partial charge is 1.00 e. The molecule has 0 aromatic heterocycles. The van der Waals surface area contributed by atoms with E-state index in [-0.39, 0.29) is 31.0 Å². The molecule has 0 N–H and O–H groups in total. The van der Waals surface area contributed by atoms with Crippen LogP contribution >= 0.6 is 9.24 Å². The normalized spacial score (nSPS) is 9.95. The molecule has 19 heavy (non-hydrogen) atoms. The van der Waals surface area contributed by atoms with Crippen molar-refractivity contribution in [3.63, 3.8) is 0 Å². The van der Waals surface area contributed by atoms with Gasteiger partial charge in [-0.1, -0.05) is 30.3 Å². The molecule has 0 saturated carbocycles. The van der Waals surface area contributed by atoms with Crippen molar-refractivity contribution in [3.05, 3.63) is 60.2 Å². The van der Waals surface area contributed by atoms with Crippen molar-refractivity contribution >= 4 is 15.4 Å². The topological polar surface area (TPSA) is 0 Å². The third kappa shape index (κ3) is 21.1. The van der Waals surface area contributed by atoms with E-state index in [4.69, 9.17) is 0 Å². The zero-order valence-electron chi connectivity index (χ0n) is 11.4. The molecule has 1 aliphatic rings. The van der Waals surface area contributed by atoms with Crippen molar-refractivity contribution in [2.24, 2.45) is 0 Å². The number of halogens is 2. The van der Waals surface area contributed by atoms with Crippen molar-refractivity contribution in [1.82, 2.24) is 0 Å². The van der Waals surface area contributed by atoms with Gasteiger partial charge in [0.25, 0.3) is 0 Å². The fraction of sp³-hybridized carbons (Fsp3) is 0.286. The van der Waals surface area contributed by atoms with Crippen molar-refractivity contribution in [3.8, 4) is 0 Å². The molecule has 0 spiro atoms. The van der Waals surface area contributed by atoms with Crippen molar-refractivity contribution in [2.75, 3.05) is 0 Å². The number of hydrogen-bond acceptors (Lipinski definition) is 0. The van der Waals surface area contributed by atoms with E-state index in [2.05, 4.69) is 77.9 Å². The second-order valence-corrected chi connectivity index (χ2v) is 10.8. The Morgan fingerprint density at radius 2 is 1.74 bits per heavy atom. The minimum Gasteiger partial charge on any atom is -1.00 e. The quantitative estimate of drug-likeness (QED) is 0.312. The fourth-order valence-electron chi connectivity index (χ4n) is 0.954. The SMILES string of the molecule is C[Si](C)=[Ti+2].PCc1ccccc1.[C-]1=CC=CC1.[Cl-].[Cl-]. The maximum atomic E-state index is 2.99. The zero-order chi connectivity index (χ0) is 12.9. The maximum absolute atomic E-state index is 2.99. The summed E-state index contributed by atoms with van der Waals surface area (Å²) in [5, 5.41) is 0. The van der Waals surface area contributed by atoms with Crippen LogP contribution in [0.3, 0.4) is 0 Å². The van der Waals surface area contributed by atoms with E-state index in [0.29, 0.717) is 0 Å². The molecule has 1 aromatic carbocycles.